The number of benzene rings is 1. The number of carbonyl (C=O) groups excluding carboxylic acids is 2. The lowest BCUT2D eigenvalue weighted by Gasteiger charge is -2.23. The molecular weight excluding hydrogens is 448 g/mol. The van der Waals surface area contributed by atoms with E-state index >= 15 is 0 Å². The second kappa shape index (κ2) is 22.1. The first-order chi connectivity index (χ1) is 17.6. The van der Waals surface area contributed by atoms with E-state index in [4.69, 9.17) is 10.6 Å². The lowest BCUT2D eigenvalue weighted by Crippen LogP contribution is -2.32. The average molecular weight is 501 g/mol. The predicted octanol–water partition coefficient (Wildman–Crippen LogP) is 7.89. The van der Waals surface area contributed by atoms with Gasteiger partial charge in [-0.2, -0.15) is 0 Å². The van der Waals surface area contributed by atoms with Crippen molar-refractivity contribution in [1.29, 1.82) is 0 Å². The quantitative estimate of drug-likeness (QED) is 0.0943. The smallest absolute Gasteiger partial charge is 0.246 e. The number of rotatable bonds is 23. The summed E-state index contributed by atoms with van der Waals surface area (Å²) < 4.78 is 0. The minimum atomic E-state index is -0.354. The number of hydrogen-bond donors (Lipinski definition) is 1. The van der Waals surface area contributed by atoms with Gasteiger partial charge in [0.2, 0.25) is 11.8 Å². The topological polar surface area (TPSA) is 72.6 Å². The molecule has 2 amide bonds. The van der Waals surface area contributed by atoms with Gasteiger partial charge in [0.25, 0.3) is 0 Å². The van der Waals surface area contributed by atoms with Gasteiger partial charge in [-0.1, -0.05) is 114 Å². The first-order valence-corrected chi connectivity index (χ1v) is 14.5. The lowest BCUT2D eigenvalue weighted by atomic mass is 9.94. The predicted molar refractivity (Wildman–Crippen MR) is 150 cm³/mol. The van der Waals surface area contributed by atoms with Crippen LogP contribution in [0.4, 0.5) is 0 Å². The number of hydroxylamine groups is 2. The van der Waals surface area contributed by atoms with Gasteiger partial charge < -0.3 is 5.73 Å². The molecule has 204 valence electrons. The van der Waals surface area contributed by atoms with Crippen LogP contribution < -0.4 is 5.73 Å². The molecule has 0 spiro atoms. The summed E-state index contributed by atoms with van der Waals surface area (Å²) in [5.41, 5.74) is 6.30. The summed E-state index contributed by atoms with van der Waals surface area (Å²) >= 11 is 0. The third kappa shape index (κ3) is 17.3. The van der Waals surface area contributed by atoms with E-state index in [1.807, 2.05) is 30.3 Å². The van der Waals surface area contributed by atoms with E-state index in [1.54, 1.807) is 0 Å². The number of unbranched alkanes of at least 4 members (excludes halogenated alkanes) is 9. The Morgan fingerprint density at radius 1 is 0.861 bits per heavy atom. The number of hydrogen-bond acceptors (Lipinski definition) is 3. The normalized spacial score (nSPS) is 12.2. The molecule has 0 aliphatic carbocycles. The van der Waals surface area contributed by atoms with E-state index in [0.29, 0.717) is 31.9 Å². The van der Waals surface area contributed by atoms with Gasteiger partial charge in [-0.3, -0.25) is 14.4 Å². The van der Waals surface area contributed by atoms with Crippen molar-refractivity contribution in [3.8, 4) is 0 Å². The van der Waals surface area contributed by atoms with E-state index in [0.717, 1.165) is 24.8 Å². The van der Waals surface area contributed by atoms with Gasteiger partial charge in [0.15, 0.2) is 0 Å². The highest BCUT2D eigenvalue weighted by Crippen LogP contribution is 2.20. The van der Waals surface area contributed by atoms with E-state index in [2.05, 4.69) is 26.0 Å². The highest BCUT2D eigenvalue weighted by atomic mass is 16.7. The SMILES string of the molecule is CCCCCCCCC=CC(CCCCCC)CCC(=O)N(CCCC(N)=O)OCc1ccccc1. The molecule has 1 rings (SSSR count). The molecule has 36 heavy (non-hydrogen) atoms. The van der Waals surface area contributed by atoms with Gasteiger partial charge in [0.05, 0.1) is 0 Å². The van der Waals surface area contributed by atoms with E-state index in [-0.39, 0.29) is 18.2 Å². The number of primary amides is 1. The molecule has 1 aromatic rings. The third-order valence-electron chi connectivity index (χ3n) is 6.58. The van der Waals surface area contributed by atoms with Gasteiger partial charge in [0, 0.05) is 19.4 Å². The molecule has 1 unspecified atom stereocenters. The number of nitrogens with zero attached hydrogens (tertiary/aromatic N) is 1. The summed E-state index contributed by atoms with van der Waals surface area (Å²) in [7, 11) is 0. The van der Waals surface area contributed by atoms with Crippen LogP contribution in [0.5, 0.6) is 0 Å². The fraction of sp³-hybridized carbons (Fsp3) is 0.677. The van der Waals surface area contributed by atoms with Crippen molar-refractivity contribution < 1.29 is 14.4 Å². The maximum absolute atomic E-state index is 13.1. The van der Waals surface area contributed by atoms with E-state index in [1.165, 1.54) is 69.3 Å². The zero-order valence-electron chi connectivity index (χ0n) is 23.1. The zero-order chi connectivity index (χ0) is 26.3. The third-order valence-corrected chi connectivity index (χ3v) is 6.58. The highest BCUT2D eigenvalue weighted by Gasteiger charge is 2.17. The van der Waals surface area contributed by atoms with Crippen molar-refractivity contribution in [3.05, 3.63) is 48.0 Å². The maximum Gasteiger partial charge on any atom is 0.246 e. The highest BCUT2D eigenvalue weighted by molar-refractivity contribution is 5.75. The van der Waals surface area contributed by atoms with Crippen molar-refractivity contribution in [1.82, 2.24) is 5.06 Å². The molecule has 0 aliphatic rings. The molecule has 0 saturated carbocycles. The van der Waals surface area contributed by atoms with Crippen LogP contribution in [-0.2, 0) is 21.0 Å². The summed E-state index contributed by atoms with van der Waals surface area (Å²) in [6.45, 7) is 5.20. The Bertz CT molecular complexity index is 705. The van der Waals surface area contributed by atoms with Crippen LogP contribution in [0.1, 0.15) is 122 Å². The second-order valence-corrected chi connectivity index (χ2v) is 9.96. The molecule has 1 aromatic carbocycles. The van der Waals surface area contributed by atoms with Crippen LogP contribution >= 0.6 is 0 Å². The summed E-state index contributed by atoms with van der Waals surface area (Å²) in [6, 6.07) is 9.83. The van der Waals surface area contributed by atoms with Gasteiger partial charge in [-0.25, -0.2) is 5.06 Å². The number of amides is 2. The molecule has 0 aliphatic heterocycles. The summed E-state index contributed by atoms with van der Waals surface area (Å²) in [5, 5.41) is 1.45. The van der Waals surface area contributed by atoms with Crippen molar-refractivity contribution in [2.24, 2.45) is 11.7 Å². The largest absolute Gasteiger partial charge is 0.370 e. The Balaban J connectivity index is 2.59. The molecule has 0 aromatic heterocycles. The van der Waals surface area contributed by atoms with Gasteiger partial charge in [-0.05, 0) is 43.6 Å². The molecule has 2 N–H and O–H groups in total. The molecule has 1 atom stereocenters. The van der Waals surface area contributed by atoms with Crippen LogP contribution in [-0.4, -0.2) is 23.4 Å². The number of nitrogens with two attached hydrogens (primary N) is 1. The monoisotopic (exact) mass is 500 g/mol. The first kappa shape index (κ1) is 31.9. The Morgan fingerprint density at radius 2 is 1.53 bits per heavy atom. The number of carbonyl (C=O) groups is 2. The molecule has 5 nitrogen and oxygen atoms in total. The van der Waals surface area contributed by atoms with Crippen molar-refractivity contribution >= 4 is 11.8 Å². The van der Waals surface area contributed by atoms with Crippen LogP contribution in [0.25, 0.3) is 0 Å². The van der Waals surface area contributed by atoms with Crippen LogP contribution in [0.2, 0.25) is 0 Å². The molecular formula is C31H52N2O3. The van der Waals surface area contributed by atoms with Crippen LogP contribution in [0.3, 0.4) is 0 Å². The Kier molecular flexibility index (Phi) is 19.6. The Labute approximate surface area is 220 Å². The van der Waals surface area contributed by atoms with Gasteiger partial charge in [0.1, 0.15) is 6.61 Å². The fourth-order valence-electron chi connectivity index (χ4n) is 4.32. The van der Waals surface area contributed by atoms with Crippen molar-refractivity contribution in [2.45, 2.75) is 123 Å². The van der Waals surface area contributed by atoms with Crippen molar-refractivity contribution in [2.75, 3.05) is 6.54 Å². The van der Waals surface area contributed by atoms with Crippen LogP contribution in [0, 0.1) is 5.92 Å². The molecule has 0 heterocycles. The fourth-order valence-corrected chi connectivity index (χ4v) is 4.32. The van der Waals surface area contributed by atoms with Crippen LogP contribution in [0.15, 0.2) is 42.5 Å². The molecule has 0 radical (unpaired) electrons. The zero-order valence-corrected chi connectivity index (χ0v) is 23.1. The van der Waals surface area contributed by atoms with E-state index < -0.39 is 0 Å². The summed E-state index contributed by atoms with van der Waals surface area (Å²) in [6.07, 6.45) is 21.9. The summed E-state index contributed by atoms with van der Waals surface area (Å²) in [4.78, 5) is 30.1. The lowest BCUT2D eigenvalue weighted by molar-refractivity contribution is -0.192. The average Bonchev–Trinajstić information content (AvgIpc) is 2.88. The molecule has 5 heteroatoms. The summed E-state index contributed by atoms with van der Waals surface area (Å²) in [5.74, 6) is 0.0545. The Morgan fingerprint density at radius 3 is 2.22 bits per heavy atom. The second-order valence-electron chi connectivity index (χ2n) is 9.96. The molecule has 0 fully saturated rings. The van der Waals surface area contributed by atoms with Gasteiger partial charge >= 0.3 is 0 Å². The standard InChI is InChI=1S/C31H52N2O3/c1-3-5-7-9-10-11-12-15-20-28(19-14-8-6-4-2)24-25-31(35)33(26-18-23-30(32)34)36-27-29-21-16-13-17-22-29/h13,15-17,20-22,28H,3-12,14,18-19,23-27H2,1-2H3,(H2,32,34). The molecule has 0 saturated heterocycles. The van der Waals surface area contributed by atoms with Crippen molar-refractivity contribution in [3.63, 3.8) is 0 Å². The Hall–Kier alpha value is -2.14. The van der Waals surface area contributed by atoms with E-state index in [9.17, 15) is 9.59 Å². The minimum absolute atomic E-state index is 0.0155. The van der Waals surface area contributed by atoms with Gasteiger partial charge in [-0.15, -0.1) is 0 Å². The number of allylic oxidation sites excluding steroid dienone is 2. The minimum Gasteiger partial charge on any atom is -0.370 e. The molecule has 0 bridgehead atoms. The maximum atomic E-state index is 13.1. The first-order valence-electron chi connectivity index (χ1n) is 14.5.